The highest BCUT2D eigenvalue weighted by Gasteiger charge is 2.25. The molecule has 2 unspecified atom stereocenters. The van der Waals surface area contributed by atoms with Gasteiger partial charge in [-0.1, -0.05) is 25.1 Å². The number of hydrogen-bond acceptors (Lipinski definition) is 2. The molecule has 1 aromatic carbocycles. The minimum atomic E-state index is 0.237. The number of para-hydroxylation sites is 1. The Morgan fingerprint density at radius 1 is 1.32 bits per heavy atom. The molecule has 2 atom stereocenters. The number of aromatic nitrogens is 1. The molecule has 0 spiro atoms. The molecule has 1 fully saturated rings. The number of rotatable bonds is 1. The summed E-state index contributed by atoms with van der Waals surface area (Å²) in [6.45, 7) is 6.31. The minimum absolute atomic E-state index is 0.237. The first kappa shape index (κ1) is 12.7. The van der Waals surface area contributed by atoms with Gasteiger partial charge in [0.25, 0.3) is 0 Å². The van der Waals surface area contributed by atoms with E-state index in [0.717, 1.165) is 30.7 Å². The highest BCUT2D eigenvalue weighted by atomic mass is 35.5. The molecule has 0 saturated carbocycles. The number of nitrogens with zero attached hydrogens (tertiary/aromatic N) is 2. The molecule has 3 heteroatoms. The van der Waals surface area contributed by atoms with Crippen molar-refractivity contribution in [1.82, 2.24) is 4.98 Å². The first-order chi connectivity index (χ1) is 9.15. The second-order valence-corrected chi connectivity index (χ2v) is 6.09. The number of hydrogen-bond donors (Lipinski definition) is 0. The first-order valence-electron chi connectivity index (χ1n) is 6.90. The predicted molar refractivity (Wildman–Crippen MR) is 82.1 cm³/mol. The van der Waals surface area contributed by atoms with Crippen LogP contribution in [0.3, 0.4) is 0 Å². The fraction of sp³-hybridized carbons (Fsp3) is 0.438. The zero-order valence-corrected chi connectivity index (χ0v) is 12.2. The summed E-state index contributed by atoms with van der Waals surface area (Å²) in [5, 5.41) is 1.47. The summed E-state index contributed by atoms with van der Waals surface area (Å²) in [5.74, 6) is 0.604. The van der Waals surface area contributed by atoms with Gasteiger partial charge in [-0.3, -0.25) is 4.98 Å². The molecule has 0 amide bonds. The molecule has 3 rings (SSSR count). The predicted octanol–water partition coefficient (Wildman–Crippen LogP) is 4.00. The van der Waals surface area contributed by atoms with E-state index in [-0.39, 0.29) is 5.38 Å². The number of halogens is 1. The Bertz CT molecular complexity index is 596. The van der Waals surface area contributed by atoms with E-state index in [1.165, 1.54) is 11.1 Å². The van der Waals surface area contributed by atoms with Crippen LogP contribution in [0.1, 0.15) is 19.0 Å². The van der Waals surface area contributed by atoms with Crippen molar-refractivity contribution in [3.05, 3.63) is 36.0 Å². The van der Waals surface area contributed by atoms with Crippen LogP contribution in [0, 0.1) is 12.8 Å². The highest BCUT2D eigenvalue weighted by molar-refractivity contribution is 6.21. The van der Waals surface area contributed by atoms with E-state index in [0.29, 0.717) is 5.92 Å². The van der Waals surface area contributed by atoms with E-state index in [2.05, 4.69) is 48.0 Å². The van der Waals surface area contributed by atoms with Crippen LogP contribution in [-0.2, 0) is 0 Å². The van der Waals surface area contributed by atoms with Crippen molar-refractivity contribution in [1.29, 1.82) is 0 Å². The molecule has 1 saturated heterocycles. The monoisotopic (exact) mass is 274 g/mol. The summed E-state index contributed by atoms with van der Waals surface area (Å²) in [4.78, 5) is 7.02. The minimum Gasteiger partial charge on any atom is -0.369 e. The van der Waals surface area contributed by atoms with Crippen LogP contribution >= 0.6 is 11.6 Å². The number of benzene rings is 1. The molecule has 100 valence electrons. The van der Waals surface area contributed by atoms with Crippen LogP contribution in [0.5, 0.6) is 0 Å². The average Bonchev–Trinajstić information content (AvgIpc) is 2.41. The van der Waals surface area contributed by atoms with E-state index in [9.17, 15) is 0 Å². The number of aryl methyl sites for hydroxylation is 1. The van der Waals surface area contributed by atoms with E-state index >= 15 is 0 Å². The molecule has 1 aromatic heterocycles. The molecular formula is C16H19ClN2. The third-order valence-corrected chi connectivity index (χ3v) is 4.60. The molecule has 1 aliphatic rings. The van der Waals surface area contributed by atoms with Gasteiger partial charge in [0.15, 0.2) is 0 Å². The van der Waals surface area contributed by atoms with Gasteiger partial charge in [0.2, 0.25) is 0 Å². The lowest BCUT2D eigenvalue weighted by Gasteiger charge is -2.36. The lowest BCUT2D eigenvalue weighted by molar-refractivity contribution is 0.446. The van der Waals surface area contributed by atoms with Gasteiger partial charge in [-0.05, 0) is 31.4 Å². The fourth-order valence-electron chi connectivity index (χ4n) is 2.79. The van der Waals surface area contributed by atoms with Crippen LogP contribution in [0.15, 0.2) is 30.3 Å². The SMILES string of the molecule is Cc1cc(N2CCC(C)C(Cl)C2)c2ccccc2n1. The summed E-state index contributed by atoms with van der Waals surface area (Å²) in [6.07, 6.45) is 1.16. The van der Waals surface area contributed by atoms with Gasteiger partial charge in [0, 0.05) is 29.9 Å². The lowest BCUT2D eigenvalue weighted by Crippen LogP contribution is -2.40. The van der Waals surface area contributed by atoms with E-state index < -0.39 is 0 Å². The molecule has 19 heavy (non-hydrogen) atoms. The van der Waals surface area contributed by atoms with Crippen LogP contribution in [0.25, 0.3) is 10.9 Å². The molecule has 0 radical (unpaired) electrons. The van der Waals surface area contributed by atoms with Crippen molar-refractivity contribution < 1.29 is 0 Å². The number of piperidine rings is 1. The van der Waals surface area contributed by atoms with Gasteiger partial charge < -0.3 is 4.90 Å². The number of fused-ring (bicyclic) bond motifs is 1. The average molecular weight is 275 g/mol. The Kier molecular flexibility index (Phi) is 3.36. The van der Waals surface area contributed by atoms with Gasteiger partial charge in [-0.2, -0.15) is 0 Å². The maximum absolute atomic E-state index is 6.45. The zero-order valence-electron chi connectivity index (χ0n) is 11.4. The Hall–Kier alpha value is -1.28. The van der Waals surface area contributed by atoms with E-state index in [1.807, 2.05) is 6.07 Å². The quantitative estimate of drug-likeness (QED) is 0.731. The maximum Gasteiger partial charge on any atom is 0.0726 e. The summed E-state index contributed by atoms with van der Waals surface area (Å²) >= 11 is 6.45. The Labute approximate surface area is 119 Å². The van der Waals surface area contributed by atoms with Crippen molar-refractivity contribution in [3.63, 3.8) is 0 Å². The van der Waals surface area contributed by atoms with Gasteiger partial charge in [0.05, 0.1) is 10.9 Å². The molecule has 2 nitrogen and oxygen atoms in total. The Morgan fingerprint density at radius 2 is 2.11 bits per heavy atom. The third kappa shape index (κ3) is 2.42. The molecule has 2 heterocycles. The Morgan fingerprint density at radius 3 is 2.89 bits per heavy atom. The third-order valence-electron chi connectivity index (χ3n) is 4.03. The normalized spacial score (nSPS) is 23.8. The van der Waals surface area contributed by atoms with Crippen LogP contribution in [0.4, 0.5) is 5.69 Å². The summed E-state index contributed by atoms with van der Waals surface area (Å²) in [6, 6.07) is 10.5. The molecule has 0 bridgehead atoms. The largest absolute Gasteiger partial charge is 0.369 e. The maximum atomic E-state index is 6.45. The van der Waals surface area contributed by atoms with Crippen molar-refractivity contribution in [2.45, 2.75) is 25.6 Å². The molecule has 1 aliphatic heterocycles. The van der Waals surface area contributed by atoms with Crippen molar-refractivity contribution >= 4 is 28.2 Å². The summed E-state index contributed by atoms with van der Waals surface area (Å²) in [7, 11) is 0. The standard InChI is InChI=1S/C16H19ClN2/c1-11-7-8-19(10-14(11)17)16-9-12(2)18-15-6-4-3-5-13(15)16/h3-6,9,11,14H,7-8,10H2,1-2H3. The van der Waals surface area contributed by atoms with Crippen LogP contribution in [0.2, 0.25) is 0 Å². The van der Waals surface area contributed by atoms with Crippen molar-refractivity contribution in [2.24, 2.45) is 5.92 Å². The van der Waals surface area contributed by atoms with Crippen LogP contribution in [-0.4, -0.2) is 23.5 Å². The second-order valence-electron chi connectivity index (χ2n) is 5.53. The smallest absolute Gasteiger partial charge is 0.0726 e. The zero-order chi connectivity index (χ0) is 13.4. The topological polar surface area (TPSA) is 16.1 Å². The summed E-state index contributed by atoms with van der Waals surface area (Å²) in [5.41, 5.74) is 3.42. The van der Waals surface area contributed by atoms with Gasteiger partial charge in [0.1, 0.15) is 0 Å². The van der Waals surface area contributed by atoms with Crippen molar-refractivity contribution in [3.8, 4) is 0 Å². The number of anilines is 1. The van der Waals surface area contributed by atoms with E-state index in [4.69, 9.17) is 11.6 Å². The van der Waals surface area contributed by atoms with Gasteiger partial charge >= 0.3 is 0 Å². The molecular weight excluding hydrogens is 256 g/mol. The molecule has 2 aromatic rings. The first-order valence-corrected chi connectivity index (χ1v) is 7.34. The van der Waals surface area contributed by atoms with Gasteiger partial charge in [-0.15, -0.1) is 11.6 Å². The van der Waals surface area contributed by atoms with E-state index in [1.54, 1.807) is 0 Å². The van der Waals surface area contributed by atoms with Gasteiger partial charge in [-0.25, -0.2) is 0 Å². The fourth-order valence-corrected chi connectivity index (χ4v) is 3.08. The molecule has 0 N–H and O–H groups in total. The van der Waals surface area contributed by atoms with Crippen LogP contribution < -0.4 is 4.90 Å². The number of alkyl halides is 1. The Balaban J connectivity index is 2.05. The number of pyridine rings is 1. The highest BCUT2D eigenvalue weighted by Crippen LogP contribution is 2.31. The summed E-state index contributed by atoms with van der Waals surface area (Å²) < 4.78 is 0. The molecule has 0 aliphatic carbocycles. The second kappa shape index (κ2) is 5.01. The van der Waals surface area contributed by atoms with Crippen molar-refractivity contribution in [2.75, 3.05) is 18.0 Å². The lowest BCUT2D eigenvalue weighted by atomic mass is 9.97.